The summed E-state index contributed by atoms with van der Waals surface area (Å²) in [4.78, 5) is 36.1. The number of carbonyl (C=O) groups is 2. The molecule has 4 heteroatoms. The topological polar surface area (TPSA) is 49.7 Å². The molecule has 0 spiro atoms. The number of aryl methyl sites for hydroxylation is 1. The number of para-hydroxylation sites is 1. The molecule has 6 aliphatic rings. The summed E-state index contributed by atoms with van der Waals surface area (Å²) in [5.41, 5.74) is 6.01. The lowest BCUT2D eigenvalue weighted by Gasteiger charge is -2.48. The van der Waals surface area contributed by atoms with E-state index >= 15 is 0 Å². The third-order valence-corrected chi connectivity index (χ3v) is 9.48. The lowest BCUT2D eigenvalue weighted by atomic mass is 9.52. The fourth-order valence-electron chi connectivity index (χ4n) is 7.67. The van der Waals surface area contributed by atoms with E-state index in [-0.39, 0.29) is 17.7 Å². The highest BCUT2D eigenvalue weighted by Crippen LogP contribution is 2.60. The van der Waals surface area contributed by atoms with Crippen molar-refractivity contribution in [3.63, 3.8) is 0 Å². The van der Waals surface area contributed by atoms with Crippen LogP contribution in [0.5, 0.6) is 0 Å². The second kappa shape index (κ2) is 8.84. The third-order valence-electron chi connectivity index (χ3n) is 9.48. The molecule has 4 nitrogen and oxygen atoms in total. The number of hydrogen-bond donors (Lipinski definition) is 0. The summed E-state index contributed by atoms with van der Waals surface area (Å²) >= 11 is 0. The van der Waals surface area contributed by atoms with Gasteiger partial charge in [0.2, 0.25) is 11.8 Å². The molecular formula is C37H28N2O2. The van der Waals surface area contributed by atoms with Crippen molar-refractivity contribution >= 4 is 40.2 Å². The molecule has 5 aromatic carbocycles. The molecule has 0 radical (unpaired) electrons. The third kappa shape index (κ3) is 3.19. The van der Waals surface area contributed by atoms with E-state index in [0.29, 0.717) is 5.69 Å². The Kier molecular flexibility index (Phi) is 5.17. The first-order chi connectivity index (χ1) is 20.1. The predicted molar refractivity (Wildman–Crippen MR) is 163 cm³/mol. The van der Waals surface area contributed by atoms with Gasteiger partial charge in [0.25, 0.3) is 0 Å². The van der Waals surface area contributed by atoms with Gasteiger partial charge in [0.1, 0.15) is 0 Å². The number of aliphatic imine (C=N–C) groups is 1. The van der Waals surface area contributed by atoms with Crippen LogP contribution >= 0.6 is 0 Å². The van der Waals surface area contributed by atoms with E-state index in [9.17, 15) is 9.59 Å². The summed E-state index contributed by atoms with van der Waals surface area (Å²) in [7, 11) is 0. The molecule has 11 rings (SSSR count). The molecule has 41 heavy (non-hydrogen) atoms. The molecule has 5 aliphatic carbocycles. The minimum Gasteiger partial charge on any atom is -0.274 e. The molecule has 0 N–H and O–H groups in total. The van der Waals surface area contributed by atoms with Gasteiger partial charge >= 0.3 is 0 Å². The van der Waals surface area contributed by atoms with Crippen LogP contribution < -0.4 is 4.90 Å². The number of hydrogen-bond acceptors (Lipinski definition) is 3. The van der Waals surface area contributed by atoms with E-state index in [1.54, 1.807) is 0 Å². The van der Waals surface area contributed by atoms with E-state index in [4.69, 9.17) is 4.99 Å². The maximum absolute atomic E-state index is 14.8. The van der Waals surface area contributed by atoms with Crippen LogP contribution in [-0.4, -0.2) is 18.0 Å². The van der Waals surface area contributed by atoms with Gasteiger partial charge in [-0.1, -0.05) is 110 Å². The SMILES string of the molecule is CCc1ccccc1N=C[C@@]12c3ccc(cc3)[C@@H](c3ccccc31)[C@@H]1C(=O)N(c3cccc4ccccc34)C(=O)[C@@H]12. The average molecular weight is 533 g/mol. The molecule has 0 saturated carbocycles. The quantitative estimate of drug-likeness (QED) is 0.179. The Morgan fingerprint density at radius 2 is 1.51 bits per heavy atom. The second-order valence-electron chi connectivity index (χ2n) is 11.3. The first kappa shape index (κ1) is 24.0. The predicted octanol–water partition coefficient (Wildman–Crippen LogP) is 7.36. The number of nitrogens with zero attached hydrogens (tertiary/aromatic N) is 2. The molecular weight excluding hydrogens is 504 g/mol. The molecule has 4 atom stereocenters. The van der Waals surface area contributed by atoms with Crippen LogP contribution in [0.25, 0.3) is 10.8 Å². The number of rotatable bonds is 4. The van der Waals surface area contributed by atoms with Gasteiger partial charge in [0.05, 0.1) is 28.6 Å². The maximum Gasteiger partial charge on any atom is 0.239 e. The Labute approximate surface area is 239 Å². The summed E-state index contributed by atoms with van der Waals surface area (Å²) in [6.07, 6.45) is 2.83. The van der Waals surface area contributed by atoms with Crippen molar-refractivity contribution in [2.75, 3.05) is 4.90 Å². The van der Waals surface area contributed by atoms with Crippen molar-refractivity contribution in [1.82, 2.24) is 0 Å². The van der Waals surface area contributed by atoms with Gasteiger partial charge in [-0.25, -0.2) is 4.90 Å². The number of carbonyl (C=O) groups excluding carboxylic acids is 2. The van der Waals surface area contributed by atoms with E-state index in [1.165, 1.54) is 4.90 Å². The van der Waals surface area contributed by atoms with Gasteiger partial charge in [-0.15, -0.1) is 0 Å². The molecule has 4 bridgehead atoms. The zero-order chi connectivity index (χ0) is 27.7. The van der Waals surface area contributed by atoms with Gasteiger partial charge in [-0.2, -0.15) is 0 Å². The van der Waals surface area contributed by atoms with Crippen molar-refractivity contribution in [3.05, 3.63) is 143 Å². The minimum absolute atomic E-state index is 0.134. The van der Waals surface area contributed by atoms with E-state index in [2.05, 4.69) is 49.4 Å². The van der Waals surface area contributed by atoms with E-state index in [1.807, 2.05) is 79.0 Å². The van der Waals surface area contributed by atoms with Crippen molar-refractivity contribution < 1.29 is 9.59 Å². The molecule has 1 heterocycles. The fraction of sp³-hybridized carbons (Fsp3) is 0.162. The second-order valence-corrected chi connectivity index (χ2v) is 11.3. The van der Waals surface area contributed by atoms with Crippen molar-refractivity contribution in [3.8, 4) is 0 Å². The monoisotopic (exact) mass is 532 g/mol. The Hall–Kier alpha value is -4.83. The average Bonchev–Trinajstić information content (AvgIpc) is 3.27. The standard InChI is InChI=1S/C37H28N2O2/c1-2-23-10-4-8-16-30(23)38-22-37-26-20-18-25(19-21-26)32(28-14-6-7-15-29(28)37)33-34(37)36(41)39(35(33)40)31-17-9-12-24-11-3-5-13-27(24)31/h3-22,32-34H,2H2,1H3/t32-,33-,34+,37+/m0/s1. The van der Waals surface area contributed by atoms with Gasteiger partial charge < -0.3 is 0 Å². The molecule has 5 aromatic rings. The number of anilines is 1. The Balaban J connectivity index is 1.41. The molecule has 1 fully saturated rings. The first-order valence-electron chi connectivity index (χ1n) is 14.3. The summed E-state index contributed by atoms with van der Waals surface area (Å²) in [6, 6.07) is 38.8. The van der Waals surface area contributed by atoms with Gasteiger partial charge in [0.15, 0.2) is 0 Å². The van der Waals surface area contributed by atoms with Crippen LogP contribution in [0.4, 0.5) is 11.4 Å². The zero-order valence-electron chi connectivity index (χ0n) is 22.7. The summed E-state index contributed by atoms with van der Waals surface area (Å²) in [5.74, 6) is -1.67. The maximum atomic E-state index is 14.8. The normalized spacial score (nSPS) is 24.1. The molecule has 0 aromatic heterocycles. The molecule has 2 amide bonds. The summed E-state index contributed by atoms with van der Waals surface area (Å²) in [5, 5.41) is 1.90. The van der Waals surface area contributed by atoms with Crippen molar-refractivity contribution in [2.24, 2.45) is 16.8 Å². The summed E-state index contributed by atoms with van der Waals surface area (Å²) in [6.45, 7) is 2.12. The fourth-order valence-corrected chi connectivity index (χ4v) is 7.67. The Bertz CT molecular complexity index is 1900. The number of fused-ring (bicyclic) bond motifs is 1. The highest BCUT2D eigenvalue weighted by Gasteiger charge is 2.65. The van der Waals surface area contributed by atoms with Crippen molar-refractivity contribution in [1.29, 1.82) is 0 Å². The first-order valence-corrected chi connectivity index (χ1v) is 14.3. The van der Waals surface area contributed by atoms with Crippen molar-refractivity contribution in [2.45, 2.75) is 24.7 Å². The van der Waals surface area contributed by atoms with Crippen LogP contribution in [0.2, 0.25) is 0 Å². The highest BCUT2D eigenvalue weighted by atomic mass is 16.2. The van der Waals surface area contributed by atoms with Gasteiger partial charge in [-0.3, -0.25) is 14.6 Å². The number of imide groups is 1. The molecule has 0 unspecified atom stereocenters. The van der Waals surface area contributed by atoms with E-state index in [0.717, 1.165) is 50.7 Å². The van der Waals surface area contributed by atoms with E-state index < -0.39 is 17.3 Å². The van der Waals surface area contributed by atoms with Crippen LogP contribution in [0.15, 0.2) is 120 Å². The Morgan fingerprint density at radius 3 is 2.37 bits per heavy atom. The molecule has 1 aliphatic heterocycles. The van der Waals surface area contributed by atoms with Crippen LogP contribution in [-0.2, 0) is 21.4 Å². The smallest absolute Gasteiger partial charge is 0.239 e. The largest absolute Gasteiger partial charge is 0.274 e. The lowest BCUT2D eigenvalue weighted by molar-refractivity contribution is -0.122. The Morgan fingerprint density at radius 1 is 0.780 bits per heavy atom. The van der Waals surface area contributed by atoms with Crippen LogP contribution in [0.1, 0.15) is 40.7 Å². The number of benzene rings is 5. The highest BCUT2D eigenvalue weighted by molar-refractivity contribution is 6.27. The number of amides is 2. The molecule has 1 saturated heterocycles. The molecule has 198 valence electrons. The lowest BCUT2D eigenvalue weighted by Crippen LogP contribution is -2.51. The van der Waals surface area contributed by atoms with Gasteiger partial charge in [0, 0.05) is 17.5 Å². The summed E-state index contributed by atoms with van der Waals surface area (Å²) < 4.78 is 0. The van der Waals surface area contributed by atoms with Gasteiger partial charge in [-0.05, 0) is 51.8 Å². The van der Waals surface area contributed by atoms with Crippen LogP contribution in [0.3, 0.4) is 0 Å². The zero-order valence-corrected chi connectivity index (χ0v) is 22.7. The van der Waals surface area contributed by atoms with Crippen LogP contribution in [0, 0.1) is 11.8 Å². The minimum atomic E-state index is -0.899.